The van der Waals surface area contributed by atoms with Gasteiger partial charge in [0.2, 0.25) is 0 Å². The minimum Gasteiger partial charge on any atom is -0.462 e. The lowest BCUT2D eigenvalue weighted by molar-refractivity contribution is -0.161. The van der Waals surface area contributed by atoms with Gasteiger partial charge in [-0.1, -0.05) is 414 Å². The van der Waals surface area contributed by atoms with Crippen LogP contribution in [0.15, 0.2) is 0 Å². The van der Waals surface area contributed by atoms with Crippen molar-refractivity contribution in [2.45, 2.75) is 484 Å². The topological polar surface area (TPSA) is 237 Å². The summed E-state index contributed by atoms with van der Waals surface area (Å²) >= 11 is 0. The van der Waals surface area contributed by atoms with Gasteiger partial charge in [-0.3, -0.25) is 37.3 Å². The van der Waals surface area contributed by atoms with Gasteiger partial charge in [-0.25, -0.2) is 9.13 Å². The lowest BCUT2D eigenvalue weighted by Crippen LogP contribution is -2.30. The second-order valence-electron chi connectivity index (χ2n) is 32.8. The van der Waals surface area contributed by atoms with Crippen LogP contribution in [0.5, 0.6) is 0 Å². The molecule has 0 radical (unpaired) electrons. The van der Waals surface area contributed by atoms with Crippen LogP contribution in [0, 0.1) is 17.8 Å². The van der Waals surface area contributed by atoms with E-state index in [-0.39, 0.29) is 25.7 Å². The van der Waals surface area contributed by atoms with Gasteiger partial charge in [0.25, 0.3) is 0 Å². The van der Waals surface area contributed by atoms with Gasteiger partial charge in [0, 0.05) is 25.7 Å². The van der Waals surface area contributed by atoms with Crippen LogP contribution in [0.25, 0.3) is 0 Å². The standard InChI is InChI=1S/C88H172O17P2/c1-8-10-11-12-13-14-15-16-17-26-32-37-42-49-57-64-72-88(93)105-84(76-99-86(91)70-63-56-51-44-46-53-60-67-80(5)6)78-103-107(96,97)101-74-82(89)73-100-106(94,95)102-77-83(75-98-85(90)69-62-55-48-41-36-31-27-23-22-24-29-34-39-45-52-59-66-79(3)4)104-87(92)71-65-58-50-43-38-33-28-21-19-18-20-25-30-35-40-47-54-61-68-81(7)9-2/h79-84,89H,8-78H2,1-7H3,(H,94,95)(H,96,97)/t81?,82-,83-,84-/m1/s1. The summed E-state index contributed by atoms with van der Waals surface area (Å²) in [6.07, 6.45) is 69.5. The van der Waals surface area contributed by atoms with E-state index in [1.807, 2.05) is 0 Å². The Labute approximate surface area is 658 Å². The highest BCUT2D eigenvalue weighted by atomic mass is 31.2. The molecule has 0 aliphatic heterocycles. The normalized spacial score (nSPS) is 14.1. The summed E-state index contributed by atoms with van der Waals surface area (Å²) < 4.78 is 68.9. The van der Waals surface area contributed by atoms with Gasteiger partial charge in [0.15, 0.2) is 12.2 Å². The SMILES string of the molecule is CCCCCCCCCCCCCCCCCCC(=O)O[C@H](COC(=O)CCCCCCCCCC(C)C)COP(=O)(O)OC[C@H](O)COP(=O)(O)OC[C@@H](COC(=O)CCCCCCCCCCCCCCCCCCC(C)C)OC(=O)CCCCCCCCCCCCCCCCCCCCC(C)CC. The van der Waals surface area contributed by atoms with Gasteiger partial charge in [0.05, 0.1) is 26.4 Å². The number of hydrogen-bond donors (Lipinski definition) is 3. The molecule has 107 heavy (non-hydrogen) atoms. The van der Waals surface area contributed by atoms with E-state index >= 15 is 0 Å². The first-order valence-electron chi connectivity index (χ1n) is 45.4. The lowest BCUT2D eigenvalue weighted by atomic mass is 9.99. The number of carbonyl (C=O) groups excluding carboxylic acids is 4. The Kier molecular flexibility index (Phi) is 76.6. The molecular formula is C88H172O17P2. The molecule has 0 rings (SSSR count). The molecule has 0 aliphatic carbocycles. The number of hydrogen-bond acceptors (Lipinski definition) is 15. The fraction of sp³-hybridized carbons (Fsp3) is 0.955. The van der Waals surface area contributed by atoms with Crippen LogP contribution < -0.4 is 0 Å². The summed E-state index contributed by atoms with van der Waals surface area (Å²) in [6.45, 7) is 12.0. The van der Waals surface area contributed by atoms with Crippen LogP contribution in [-0.2, 0) is 65.4 Å². The summed E-state index contributed by atoms with van der Waals surface area (Å²) in [7, 11) is -9.93. The van der Waals surface area contributed by atoms with Crippen LogP contribution in [0.1, 0.15) is 466 Å². The highest BCUT2D eigenvalue weighted by Gasteiger charge is 2.31. The molecule has 0 bridgehead atoms. The van der Waals surface area contributed by atoms with Crippen LogP contribution in [0.4, 0.5) is 0 Å². The number of phosphoric acid groups is 2. The Hall–Kier alpha value is -1.94. The number of rotatable bonds is 86. The lowest BCUT2D eigenvalue weighted by Gasteiger charge is -2.21. The predicted molar refractivity (Wildman–Crippen MR) is 441 cm³/mol. The Morgan fingerprint density at radius 1 is 0.271 bits per heavy atom. The van der Waals surface area contributed by atoms with E-state index in [2.05, 4.69) is 48.5 Å². The van der Waals surface area contributed by atoms with Crippen molar-refractivity contribution in [3.05, 3.63) is 0 Å². The molecule has 0 fully saturated rings. The summed E-state index contributed by atoms with van der Waals surface area (Å²) in [4.78, 5) is 73.3. The van der Waals surface area contributed by atoms with E-state index in [1.165, 1.54) is 270 Å². The minimum absolute atomic E-state index is 0.108. The Morgan fingerprint density at radius 2 is 0.477 bits per heavy atom. The van der Waals surface area contributed by atoms with Crippen LogP contribution in [0.2, 0.25) is 0 Å². The second-order valence-corrected chi connectivity index (χ2v) is 35.7. The number of phosphoric ester groups is 2. The molecule has 19 heteroatoms. The van der Waals surface area contributed by atoms with Crippen molar-refractivity contribution in [2.75, 3.05) is 39.6 Å². The second kappa shape index (κ2) is 78.0. The van der Waals surface area contributed by atoms with Crippen molar-refractivity contribution >= 4 is 39.5 Å². The van der Waals surface area contributed by atoms with E-state index in [1.54, 1.807) is 0 Å². The van der Waals surface area contributed by atoms with Crippen molar-refractivity contribution in [1.82, 2.24) is 0 Å². The number of ether oxygens (including phenoxy) is 4. The van der Waals surface area contributed by atoms with E-state index in [9.17, 15) is 43.2 Å². The molecule has 636 valence electrons. The fourth-order valence-corrected chi connectivity index (χ4v) is 15.3. The first-order chi connectivity index (χ1) is 51.8. The first kappa shape index (κ1) is 105. The number of unbranched alkanes of at least 4 members (excludes halogenated alkanes) is 53. The molecule has 0 amide bonds. The smallest absolute Gasteiger partial charge is 0.462 e. The zero-order chi connectivity index (χ0) is 78.6. The quantitative estimate of drug-likeness (QED) is 0.0222. The molecule has 0 saturated heterocycles. The molecule has 0 aromatic heterocycles. The average molecular weight is 1560 g/mol. The van der Waals surface area contributed by atoms with E-state index < -0.39 is 97.5 Å². The number of esters is 4. The van der Waals surface area contributed by atoms with Crippen LogP contribution in [0.3, 0.4) is 0 Å². The van der Waals surface area contributed by atoms with Crippen LogP contribution in [-0.4, -0.2) is 96.7 Å². The zero-order valence-electron chi connectivity index (χ0n) is 70.6. The molecule has 0 aliphatic rings. The fourth-order valence-electron chi connectivity index (χ4n) is 13.7. The summed E-state index contributed by atoms with van der Waals surface area (Å²) in [5.41, 5.74) is 0. The van der Waals surface area contributed by atoms with Gasteiger partial charge in [0.1, 0.15) is 19.3 Å². The largest absolute Gasteiger partial charge is 0.472 e. The van der Waals surface area contributed by atoms with Crippen molar-refractivity contribution in [3.8, 4) is 0 Å². The Balaban J connectivity index is 5.22. The summed E-state index contributed by atoms with van der Waals surface area (Å²) in [6, 6.07) is 0. The molecule has 0 aromatic rings. The highest BCUT2D eigenvalue weighted by Crippen LogP contribution is 2.45. The molecular weight excluding hydrogens is 1390 g/mol. The summed E-state index contributed by atoms with van der Waals surface area (Å²) in [5, 5.41) is 10.7. The van der Waals surface area contributed by atoms with Crippen molar-refractivity contribution in [3.63, 3.8) is 0 Å². The molecule has 0 heterocycles. The van der Waals surface area contributed by atoms with Gasteiger partial charge >= 0.3 is 39.5 Å². The minimum atomic E-state index is -4.97. The zero-order valence-corrected chi connectivity index (χ0v) is 72.4. The van der Waals surface area contributed by atoms with Crippen LogP contribution >= 0.6 is 15.6 Å². The number of aliphatic hydroxyl groups is 1. The van der Waals surface area contributed by atoms with Crippen molar-refractivity contribution in [2.24, 2.45) is 17.8 Å². The van der Waals surface area contributed by atoms with Gasteiger partial charge in [-0.05, 0) is 43.4 Å². The first-order valence-corrected chi connectivity index (χ1v) is 48.4. The molecule has 0 aromatic carbocycles. The maximum Gasteiger partial charge on any atom is 0.472 e. The van der Waals surface area contributed by atoms with Crippen molar-refractivity contribution in [1.29, 1.82) is 0 Å². The molecule has 6 atom stereocenters. The summed E-state index contributed by atoms with van der Waals surface area (Å²) in [5.74, 6) is 0.286. The van der Waals surface area contributed by atoms with Gasteiger partial charge in [-0.15, -0.1) is 0 Å². The van der Waals surface area contributed by atoms with E-state index in [0.717, 1.165) is 108 Å². The third kappa shape index (κ3) is 80.5. The maximum atomic E-state index is 13.2. The predicted octanol–water partition coefficient (Wildman–Crippen LogP) is 26.9. The number of carbonyl (C=O) groups is 4. The number of aliphatic hydroxyl groups excluding tert-OH is 1. The Bertz CT molecular complexity index is 2060. The van der Waals surface area contributed by atoms with E-state index in [0.29, 0.717) is 31.6 Å². The Morgan fingerprint density at radius 3 is 0.710 bits per heavy atom. The molecule has 17 nitrogen and oxygen atoms in total. The van der Waals surface area contributed by atoms with Gasteiger partial charge < -0.3 is 33.8 Å². The molecule has 3 unspecified atom stereocenters. The average Bonchev–Trinajstić information content (AvgIpc) is 0.901. The maximum absolute atomic E-state index is 13.2. The van der Waals surface area contributed by atoms with Crippen molar-refractivity contribution < 1.29 is 80.2 Å². The molecule has 3 N–H and O–H groups in total. The molecule has 0 spiro atoms. The third-order valence-electron chi connectivity index (χ3n) is 21.0. The molecule has 0 saturated carbocycles. The monoisotopic (exact) mass is 1560 g/mol. The highest BCUT2D eigenvalue weighted by molar-refractivity contribution is 7.47. The third-order valence-corrected chi connectivity index (χ3v) is 22.9. The van der Waals surface area contributed by atoms with E-state index in [4.69, 9.17) is 37.0 Å². The van der Waals surface area contributed by atoms with Gasteiger partial charge in [-0.2, -0.15) is 0 Å².